The van der Waals surface area contributed by atoms with Crippen LogP contribution in [0.5, 0.6) is 0 Å². The van der Waals surface area contributed by atoms with Crippen LogP contribution in [0.15, 0.2) is 41.8 Å². The Balaban J connectivity index is 1.49. The van der Waals surface area contributed by atoms with Crippen LogP contribution < -0.4 is 15.5 Å². The highest BCUT2D eigenvalue weighted by molar-refractivity contribution is 6.36. The number of fused-ring (bicyclic) bond motifs is 3. The number of aliphatic imine (C=N–C) groups is 1. The van der Waals surface area contributed by atoms with Crippen molar-refractivity contribution < 1.29 is 18.0 Å². The lowest BCUT2D eigenvalue weighted by atomic mass is 9.97. The molecular formula is C23H19F3N8O. The summed E-state index contributed by atoms with van der Waals surface area (Å²) in [5.74, 6) is 1.20. The van der Waals surface area contributed by atoms with E-state index in [1.807, 2.05) is 17.9 Å². The Labute approximate surface area is 197 Å². The Bertz CT molecular complexity index is 1400. The van der Waals surface area contributed by atoms with Crippen LogP contribution in [0.4, 0.5) is 30.6 Å². The zero-order valence-corrected chi connectivity index (χ0v) is 18.7. The monoisotopic (exact) mass is 480 g/mol. The molecule has 0 aliphatic carbocycles. The van der Waals surface area contributed by atoms with Gasteiger partial charge in [-0.2, -0.15) is 18.2 Å². The number of carbonyl (C=O) groups is 1. The fourth-order valence-corrected chi connectivity index (χ4v) is 3.92. The van der Waals surface area contributed by atoms with Gasteiger partial charge in [-0.25, -0.2) is 4.98 Å². The minimum absolute atomic E-state index is 0.313. The van der Waals surface area contributed by atoms with Gasteiger partial charge in [-0.3, -0.25) is 19.8 Å². The van der Waals surface area contributed by atoms with E-state index in [4.69, 9.17) is 0 Å². The van der Waals surface area contributed by atoms with Crippen molar-refractivity contribution in [2.75, 3.05) is 35.7 Å². The summed E-state index contributed by atoms with van der Waals surface area (Å²) in [4.78, 5) is 36.3. The normalized spacial score (nSPS) is 14.6. The van der Waals surface area contributed by atoms with Gasteiger partial charge in [0.05, 0.1) is 24.0 Å². The second-order valence-electron chi connectivity index (χ2n) is 7.88. The lowest BCUT2D eigenvalue weighted by Gasteiger charge is -2.28. The molecule has 2 aliphatic rings. The first kappa shape index (κ1) is 22.4. The van der Waals surface area contributed by atoms with Crippen molar-refractivity contribution in [3.63, 3.8) is 0 Å². The number of hydrogen-bond acceptors (Lipinski definition) is 8. The largest absolute Gasteiger partial charge is 0.416 e. The minimum atomic E-state index is -4.58. The van der Waals surface area contributed by atoms with Gasteiger partial charge in [0, 0.05) is 48.4 Å². The number of aryl methyl sites for hydroxylation is 1. The summed E-state index contributed by atoms with van der Waals surface area (Å²) in [6.07, 6.45) is 1.45. The van der Waals surface area contributed by atoms with Crippen LogP contribution in [0.1, 0.15) is 32.9 Å². The van der Waals surface area contributed by atoms with Crippen molar-refractivity contribution in [3.8, 4) is 0 Å². The van der Waals surface area contributed by atoms with Crippen LogP contribution in [0, 0.1) is 6.92 Å². The third kappa shape index (κ3) is 4.18. The van der Waals surface area contributed by atoms with E-state index < -0.39 is 17.6 Å². The molecule has 0 atom stereocenters. The van der Waals surface area contributed by atoms with Crippen LogP contribution in [0.3, 0.4) is 0 Å². The molecule has 178 valence electrons. The number of pyridine rings is 2. The number of hydrogen-bond donors (Lipinski definition) is 2. The number of amides is 1. The van der Waals surface area contributed by atoms with Crippen LogP contribution in [-0.4, -0.2) is 51.8 Å². The summed E-state index contributed by atoms with van der Waals surface area (Å²) in [5.41, 5.74) is 2.02. The number of amidine groups is 1. The molecule has 0 aromatic carbocycles. The lowest BCUT2D eigenvalue weighted by molar-refractivity contribution is -0.137. The maximum atomic E-state index is 13.0. The fraction of sp³-hybridized carbons (Fsp3) is 0.217. The number of halogens is 3. The second kappa shape index (κ2) is 8.46. The Morgan fingerprint density at radius 1 is 1.14 bits per heavy atom. The quantitative estimate of drug-likeness (QED) is 0.587. The minimum Gasteiger partial charge on any atom is -0.357 e. The number of nitrogens with zero attached hydrogens (tertiary/aromatic N) is 6. The van der Waals surface area contributed by atoms with Crippen molar-refractivity contribution in [3.05, 3.63) is 64.9 Å². The Morgan fingerprint density at radius 2 is 1.97 bits per heavy atom. The van der Waals surface area contributed by atoms with E-state index in [-0.39, 0.29) is 5.69 Å². The highest BCUT2D eigenvalue weighted by atomic mass is 19.4. The summed E-state index contributed by atoms with van der Waals surface area (Å²) in [6.45, 7) is 3.07. The maximum absolute atomic E-state index is 13.0. The third-order valence-electron chi connectivity index (χ3n) is 5.61. The first-order chi connectivity index (χ1) is 16.7. The Morgan fingerprint density at radius 3 is 2.74 bits per heavy atom. The zero-order chi connectivity index (χ0) is 24.7. The molecule has 12 heteroatoms. The Kier molecular flexibility index (Phi) is 5.42. The molecule has 5 rings (SSSR count). The van der Waals surface area contributed by atoms with E-state index in [0.717, 1.165) is 35.1 Å². The number of anilines is 3. The van der Waals surface area contributed by atoms with E-state index in [1.165, 1.54) is 6.20 Å². The number of carbonyl (C=O) groups excluding carboxylic acids is 1. The topological polar surface area (TPSA) is 108 Å². The van der Waals surface area contributed by atoms with Gasteiger partial charge < -0.3 is 15.5 Å². The molecule has 35 heavy (non-hydrogen) atoms. The fourth-order valence-electron chi connectivity index (χ4n) is 3.92. The molecule has 0 spiro atoms. The molecular weight excluding hydrogens is 461 g/mol. The van der Waals surface area contributed by atoms with Gasteiger partial charge in [-0.15, -0.1) is 0 Å². The first-order valence-corrected chi connectivity index (χ1v) is 10.6. The molecule has 1 amide bonds. The second-order valence-corrected chi connectivity index (χ2v) is 7.88. The zero-order valence-electron chi connectivity index (χ0n) is 18.7. The molecule has 0 unspecified atom stereocenters. The van der Waals surface area contributed by atoms with Crippen LogP contribution in [-0.2, 0) is 6.18 Å². The number of nitrogens with one attached hydrogen (secondary N) is 2. The highest BCUT2D eigenvalue weighted by Crippen LogP contribution is 2.36. The highest BCUT2D eigenvalue weighted by Gasteiger charge is 2.32. The molecule has 0 fully saturated rings. The molecule has 5 heterocycles. The van der Waals surface area contributed by atoms with Gasteiger partial charge in [0.25, 0.3) is 5.91 Å². The van der Waals surface area contributed by atoms with Crippen molar-refractivity contribution in [1.82, 2.24) is 19.9 Å². The van der Waals surface area contributed by atoms with Crippen molar-refractivity contribution in [2.45, 2.75) is 13.1 Å². The summed E-state index contributed by atoms with van der Waals surface area (Å²) >= 11 is 0. The van der Waals surface area contributed by atoms with Gasteiger partial charge in [-0.1, -0.05) is 0 Å². The van der Waals surface area contributed by atoms with Gasteiger partial charge >= 0.3 is 6.18 Å². The van der Waals surface area contributed by atoms with Crippen LogP contribution >= 0.6 is 0 Å². The van der Waals surface area contributed by atoms with E-state index >= 15 is 0 Å². The smallest absolute Gasteiger partial charge is 0.357 e. The molecule has 0 bridgehead atoms. The van der Waals surface area contributed by atoms with Crippen LogP contribution in [0.2, 0.25) is 0 Å². The summed E-state index contributed by atoms with van der Waals surface area (Å²) in [7, 11) is 1.74. The van der Waals surface area contributed by atoms with Crippen molar-refractivity contribution in [1.29, 1.82) is 0 Å². The van der Waals surface area contributed by atoms with Crippen molar-refractivity contribution >= 4 is 40.8 Å². The summed E-state index contributed by atoms with van der Waals surface area (Å²) in [5, 5.41) is 5.53. The Hall–Kier alpha value is -4.35. The third-order valence-corrected chi connectivity index (χ3v) is 5.61. The molecule has 2 aliphatic heterocycles. The summed E-state index contributed by atoms with van der Waals surface area (Å²) in [6, 6.07) is 3.24. The standard InChI is InChI=1S/C23H19F3N8O/c1-12-16(17-7-13-10-31-22(27-2)33-19(13)34-6-5-29-20(17)34)9-15(11-30-12)32-21(35)18-8-14(3-4-28-18)23(24,25)26/h3-4,7-11H,5-6H2,1-2H3,(H,32,35)(H,27,31,33). The van der Waals surface area contributed by atoms with Gasteiger partial charge in [0.2, 0.25) is 5.95 Å². The molecule has 3 aromatic rings. The van der Waals surface area contributed by atoms with E-state index in [1.54, 1.807) is 19.3 Å². The molecule has 0 saturated heterocycles. The first-order valence-electron chi connectivity index (χ1n) is 10.6. The predicted octanol–water partition coefficient (Wildman–Crippen LogP) is 3.66. The molecule has 0 saturated carbocycles. The van der Waals surface area contributed by atoms with Crippen LogP contribution in [0.25, 0.3) is 11.6 Å². The molecule has 0 radical (unpaired) electrons. The molecule has 2 N–H and O–H groups in total. The number of rotatable bonds is 4. The number of aromatic nitrogens is 4. The lowest BCUT2D eigenvalue weighted by Crippen LogP contribution is -2.32. The average Bonchev–Trinajstić information content (AvgIpc) is 3.34. The molecule has 9 nitrogen and oxygen atoms in total. The van der Waals surface area contributed by atoms with E-state index in [2.05, 4.69) is 35.6 Å². The SMILES string of the molecule is CNc1ncc2c(n1)N1CCN=C1C(c1cc(NC(=O)c3cc(C(F)(F)F)ccn3)cnc1C)=C2. The predicted molar refractivity (Wildman–Crippen MR) is 125 cm³/mol. The van der Waals surface area contributed by atoms with Gasteiger partial charge in [0.1, 0.15) is 17.3 Å². The average molecular weight is 480 g/mol. The summed E-state index contributed by atoms with van der Waals surface area (Å²) < 4.78 is 39.0. The van der Waals surface area contributed by atoms with E-state index in [0.29, 0.717) is 42.0 Å². The van der Waals surface area contributed by atoms with E-state index in [9.17, 15) is 18.0 Å². The maximum Gasteiger partial charge on any atom is 0.416 e. The molecule has 3 aromatic heterocycles. The van der Waals surface area contributed by atoms with Gasteiger partial charge in [0.15, 0.2) is 0 Å². The number of alkyl halides is 3. The van der Waals surface area contributed by atoms with Gasteiger partial charge in [-0.05, 0) is 31.2 Å². The van der Waals surface area contributed by atoms with Crippen molar-refractivity contribution in [2.24, 2.45) is 4.99 Å².